The summed E-state index contributed by atoms with van der Waals surface area (Å²) in [6.45, 7) is 2.25. The second-order valence-corrected chi connectivity index (χ2v) is 9.70. The zero-order chi connectivity index (χ0) is 22.5. The fourth-order valence-corrected chi connectivity index (χ4v) is 5.62. The predicted octanol–water partition coefficient (Wildman–Crippen LogP) is 3.55. The number of carbonyl (C=O) groups excluding carboxylic acids is 1. The Labute approximate surface area is 192 Å². The summed E-state index contributed by atoms with van der Waals surface area (Å²) in [4.78, 5) is 24.4. The molecule has 172 valence electrons. The topological polar surface area (TPSA) is 72.3 Å². The summed E-state index contributed by atoms with van der Waals surface area (Å²) in [5.74, 6) is 1.12. The van der Waals surface area contributed by atoms with E-state index < -0.39 is 0 Å². The first kappa shape index (κ1) is 20.6. The van der Waals surface area contributed by atoms with Crippen molar-refractivity contribution in [3.63, 3.8) is 0 Å². The quantitative estimate of drug-likeness (QED) is 0.623. The van der Waals surface area contributed by atoms with E-state index >= 15 is 0 Å². The number of fused-ring (bicyclic) bond motifs is 3. The number of hydrogen-bond donors (Lipinski definition) is 1. The van der Waals surface area contributed by atoms with Crippen molar-refractivity contribution in [2.24, 2.45) is 11.8 Å². The van der Waals surface area contributed by atoms with Gasteiger partial charge in [0.05, 0.1) is 19.0 Å². The van der Waals surface area contributed by atoms with Crippen molar-refractivity contribution in [1.29, 1.82) is 0 Å². The van der Waals surface area contributed by atoms with E-state index in [0.717, 1.165) is 37.1 Å². The minimum atomic E-state index is -0.203. The Morgan fingerprint density at radius 2 is 1.94 bits per heavy atom. The molecule has 2 saturated carbocycles. The van der Waals surface area contributed by atoms with E-state index in [0.29, 0.717) is 41.3 Å². The summed E-state index contributed by atoms with van der Waals surface area (Å²) in [6, 6.07) is 7.39. The minimum absolute atomic E-state index is 0.0837. The van der Waals surface area contributed by atoms with Crippen molar-refractivity contribution in [3.8, 4) is 5.75 Å². The van der Waals surface area contributed by atoms with Crippen LogP contribution in [0.5, 0.6) is 5.75 Å². The molecular weight excluding hydrogens is 421 g/mol. The molecule has 3 aromatic rings. The predicted molar refractivity (Wildman–Crippen MR) is 121 cm³/mol. The number of aromatic nitrogens is 3. The molecule has 1 unspecified atom stereocenters. The van der Waals surface area contributed by atoms with Crippen LogP contribution in [0, 0.1) is 17.7 Å². The standard InChI is InChI=1S/C25H28FN5O2/c1-33-20-6-7-21(26)18(8-20)13-30-11-15-2-3-16(12-30)23(15)29-25(32)17-9-22-24(27-10-17)31(14-28-22)19-4-5-19/h6-10,14-16,19,23H,2-5,11-13H2,1H3,(H,29,32)/t15-,16+,23?. The Balaban J connectivity index is 1.13. The molecule has 6 rings (SSSR count). The van der Waals surface area contributed by atoms with Gasteiger partial charge < -0.3 is 14.6 Å². The highest BCUT2D eigenvalue weighted by molar-refractivity contribution is 5.96. The monoisotopic (exact) mass is 449 g/mol. The van der Waals surface area contributed by atoms with E-state index in [4.69, 9.17) is 4.74 Å². The molecule has 1 saturated heterocycles. The van der Waals surface area contributed by atoms with Gasteiger partial charge in [-0.05, 0) is 61.8 Å². The number of benzene rings is 1. The first-order chi connectivity index (χ1) is 16.1. The average molecular weight is 450 g/mol. The van der Waals surface area contributed by atoms with Crippen LogP contribution in [-0.2, 0) is 6.54 Å². The van der Waals surface area contributed by atoms with Gasteiger partial charge in [-0.2, -0.15) is 0 Å². The van der Waals surface area contributed by atoms with E-state index in [1.807, 2.05) is 12.4 Å². The normalized spacial score (nSPS) is 24.8. The van der Waals surface area contributed by atoms with Gasteiger partial charge in [-0.3, -0.25) is 9.69 Å². The lowest BCUT2D eigenvalue weighted by Crippen LogP contribution is -2.52. The minimum Gasteiger partial charge on any atom is -0.497 e. The van der Waals surface area contributed by atoms with Gasteiger partial charge in [-0.25, -0.2) is 14.4 Å². The van der Waals surface area contributed by atoms with Crippen molar-refractivity contribution < 1.29 is 13.9 Å². The van der Waals surface area contributed by atoms with Crippen LogP contribution in [0.15, 0.2) is 36.8 Å². The number of amides is 1. The fraction of sp³-hybridized carbons (Fsp3) is 0.480. The molecule has 2 aromatic heterocycles. The van der Waals surface area contributed by atoms with Crippen molar-refractivity contribution in [2.45, 2.75) is 44.3 Å². The summed E-state index contributed by atoms with van der Waals surface area (Å²) in [7, 11) is 1.59. The number of hydrogen-bond acceptors (Lipinski definition) is 5. The average Bonchev–Trinajstić information content (AvgIpc) is 3.54. The summed E-state index contributed by atoms with van der Waals surface area (Å²) >= 11 is 0. The SMILES string of the molecule is COc1ccc(F)c(CN2C[C@H]3CC[C@@H](C2)C3NC(=O)c2cnc3c(c2)ncn3C2CC2)c1. The highest BCUT2D eigenvalue weighted by Crippen LogP contribution is 2.38. The number of imidazole rings is 1. The van der Waals surface area contributed by atoms with Gasteiger partial charge in [0, 0.05) is 43.5 Å². The third kappa shape index (κ3) is 3.86. The Kier molecular flexibility index (Phi) is 5.05. The number of nitrogens with one attached hydrogen (secondary N) is 1. The third-order valence-corrected chi connectivity index (χ3v) is 7.47. The molecule has 3 heterocycles. The van der Waals surface area contributed by atoms with Gasteiger partial charge in [0.2, 0.25) is 0 Å². The largest absolute Gasteiger partial charge is 0.497 e. The fourth-order valence-electron chi connectivity index (χ4n) is 5.62. The molecule has 1 amide bonds. The van der Waals surface area contributed by atoms with Gasteiger partial charge in [0.25, 0.3) is 5.91 Å². The van der Waals surface area contributed by atoms with Crippen molar-refractivity contribution in [3.05, 3.63) is 53.7 Å². The van der Waals surface area contributed by atoms with Crippen LogP contribution in [0.1, 0.15) is 47.6 Å². The summed E-state index contributed by atoms with van der Waals surface area (Å²) in [5, 5.41) is 3.28. The molecule has 3 aliphatic rings. The Morgan fingerprint density at radius 3 is 2.67 bits per heavy atom. The summed E-state index contributed by atoms with van der Waals surface area (Å²) < 4.78 is 21.7. The zero-order valence-electron chi connectivity index (χ0n) is 18.7. The Morgan fingerprint density at radius 1 is 1.15 bits per heavy atom. The molecule has 8 heteroatoms. The molecule has 2 bridgehead atoms. The maximum Gasteiger partial charge on any atom is 0.253 e. The number of rotatable bonds is 6. The number of nitrogens with zero attached hydrogens (tertiary/aromatic N) is 4. The van der Waals surface area contributed by atoms with E-state index in [9.17, 15) is 9.18 Å². The number of ether oxygens (including phenoxy) is 1. The lowest BCUT2D eigenvalue weighted by Gasteiger charge is -2.38. The van der Waals surface area contributed by atoms with E-state index in [1.165, 1.54) is 18.9 Å². The molecule has 33 heavy (non-hydrogen) atoms. The smallest absolute Gasteiger partial charge is 0.253 e. The van der Waals surface area contributed by atoms with E-state index in [1.54, 1.807) is 25.4 Å². The maximum atomic E-state index is 14.3. The molecule has 0 radical (unpaired) electrons. The van der Waals surface area contributed by atoms with Crippen LogP contribution in [0.4, 0.5) is 4.39 Å². The van der Waals surface area contributed by atoms with Gasteiger partial charge in [-0.15, -0.1) is 0 Å². The number of piperidine rings is 1. The van der Waals surface area contributed by atoms with Crippen LogP contribution in [0.3, 0.4) is 0 Å². The van der Waals surface area contributed by atoms with Crippen LogP contribution in [0.25, 0.3) is 11.2 Å². The van der Waals surface area contributed by atoms with Crippen molar-refractivity contribution in [2.75, 3.05) is 20.2 Å². The van der Waals surface area contributed by atoms with Gasteiger partial charge in [0.15, 0.2) is 5.65 Å². The van der Waals surface area contributed by atoms with Gasteiger partial charge in [-0.1, -0.05) is 0 Å². The molecule has 1 aliphatic heterocycles. The highest BCUT2D eigenvalue weighted by atomic mass is 19.1. The lowest BCUT2D eigenvalue weighted by molar-refractivity contribution is 0.0823. The van der Waals surface area contributed by atoms with Gasteiger partial charge in [0.1, 0.15) is 17.1 Å². The number of methoxy groups -OCH3 is 1. The van der Waals surface area contributed by atoms with Crippen LogP contribution in [-0.4, -0.2) is 51.6 Å². The lowest BCUT2D eigenvalue weighted by atomic mass is 9.91. The second-order valence-electron chi connectivity index (χ2n) is 9.70. The van der Waals surface area contributed by atoms with Crippen molar-refractivity contribution in [1.82, 2.24) is 24.8 Å². The molecule has 7 nitrogen and oxygen atoms in total. The Hall–Kier alpha value is -3.00. The molecule has 3 fully saturated rings. The molecule has 1 aromatic carbocycles. The highest BCUT2D eigenvalue weighted by Gasteiger charge is 2.42. The van der Waals surface area contributed by atoms with Gasteiger partial charge >= 0.3 is 0 Å². The first-order valence-corrected chi connectivity index (χ1v) is 11.8. The van der Waals surface area contributed by atoms with E-state index in [2.05, 4.69) is 24.8 Å². The molecule has 1 N–H and O–H groups in total. The second kappa shape index (κ2) is 8.09. The van der Waals surface area contributed by atoms with Crippen molar-refractivity contribution >= 4 is 17.1 Å². The van der Waals surface area contributed by atoms with E-state index in [-0.39, 0.29) is 17.8 Å². The zero-order valence-corrected chi connectivity index (χ0v) is 18.7. The summed E-state index contributed by atoms with van der Waals surface area (Å²) in [5.41, 5.74) is 2.84. The Bertz CT molecular complexity index is 1190. The summed E-state index contributed by atoms with van der Waals surface area (Å²) in [6.07, 6.45) is 7.99. The number of pyridine rings is 1. The van der Waals surface area contributed by atoms with Crippen LogP contribution < -0.4 is 10.1 Å². The number of halogens is 1. The number of likely N-dealkylation sites (tertiary alicyclic amines) is 1. The molecule has 0 spiro atoms. The maximum absolute atomic E-state index is 14.3. The number of carbonyl (C=O) groups is 1. The van der Waals surface area contributed by atoms with Crippen LogP contribution in [0.2, 0.25) is 0 Å². The van der Waals surface area contributed by atoms with Crippen LogP contribution >= 0.6 is 0 Å². The molecular formula is C25H28FN5O2. The first-order valence-electron chi connectivity index (χ1n) is 11.8. The third-order valence-electron chi connectivity index (χ3n) is 7.47. The molecule has 3 atom stereocenters. The molecule has 2 aliphatic carbocycles.